The first-order valence-corrected chi connectivity index (χ1v) is 25.1. The topological polar surface area (TPSA) is 3.24 Å². The SMILES string of the molecule is CC1(C)c2ccccc2-c2cc(N(c3ccc(C(c4ccccc4)(c4ccccc4)c4ccccc4)cc3)c3ccc4ccccc4c3-c3cccc(-c4cccc5c4sc4ccccc45)c3)ccc21. The molecule has 2 heteroatoms. The molecule has 0 N–H and O–H groups in total. The Bertz CT molecular complexity index is 3810. The summed E-state index contributed by atoms with van der Waals surface area (Å²) in [5, 5.41) is 5.04. The third kappa shape index (κ3) is 6.59. The van der Waals surface area contributed by atoms with Crippen molar-refractivity contribution in [2.45, 2.75) is 24.7 Å². The van der Waals surface area contributed by atoms with E-state index in [4.69, 9.17) is 0 Å². The molecule has 0 saturated carbocycles. The maximum Gasteiger partial charge on any atom is 0.0701 e. The van der Waals surface area contributed by atoms with E-state index in [1.807, 2.05) is 11.3 Å². The van der Waals surface area contributed by atoms with Crippen molar-refractivity contribution in [3.05, 3.63) is 294 Å². The highest BCUT2D eigenvalue weighted by Gasteiger charge is 2.39. The number of nitrogens with zero attached hydrogens (tertiary/aromatic N) is 1. The van der Waals surface area contributed by atoms with E-state index < -0.39 is 5.41 Å². The Morgan fingerprint density at radius 3 is 1.64 bits per heavy atom. The van der Waals surface area contributed by atoms with Crippen molar-refractivity contribution < 1.29 is 0 Å². The van der Waals surface area contributed by atoms with E-state index >= 15 is 0 Å². The van der Waals surface area contributed by atoms with Crippen LogP contribution in [0.5, 0.6) is 0 Å². The van der Waals surface area contributed by atoms with Crippen LogP contribution in [0.3, 0.4) is 0 Å². The van der Waals surface area contributed by atoms with Gasteiger partial charge in [0.2, 0.25) is 0 Å². The minimum Gasteiger partial charge on any atom is -0.310 e. The van der Waals surface area contributed by atoms with Gasteiger partial charge in [-0.15, -0.1) is 11.3 Å². The molecule has 1 aliphatic carbocycles. The molecule has 0 unspecified atom stereocenters. The van der Waals surface area contributed by atoms with Crippen LogP contribution in [-0.4, -0.2) is 0 Å². The summed E-state index contributed by atoms with van der Waals surface area (Å²) in [6.07, 6.45) is 0. The van der Waals surface area contributed by atoms with Crippen LogP contribution < -0.4 is 4.90 Å². The molecule has 1 nitrogen and oxygen atoms in total. The molecule has 1 aromatic heterocycles. The van der Waals surface area contributed by atoms with Crippen LogP contribution in [0.4, 0.5) is 17.1 Å². The Morgan fingerprint density at radius 2 is 0.914 bits per heavy atom. The number of anilines is 3. The number of thiophene rings is 1. The molecule has 0 atom stereocenters. The maximum atomic E-state index is 2.51. The first-order chi connectivity index (χ1) is 34.5. The van der Waals surface area contributed by atoms with Gasteiger partial charge in [-0.1, -0.05) is 232 Å². The van der Waals surface area contributed by atoms with Crippen LogP contribution in [-0.2, 0) is 10.8 Å². The molecule has 12 aromatic rings. The number of rotatable bonds is 9. The van der Waals surface area contributed by atoms with Crippen molar-refractivity contribution in [3.63, 3.8) is 0 Å². The average Bonchev–Trinajstić information content (AvgIpc) is 3.92. The van der Waals surface area contributed by atoms with Gasteiger partial charge in [-0.25, -0.2) is 0 Å². The normalized spacial score (nSPS) is 12.8. The molecule has 0 bridgehead atoms. The Hall–Kier alpha value is -8.30. The van der Waals surface area contributed by atoms with Crippen molar-refractivity contribution >= 4 is 59.3 Å². The van der Waals surface area contributed by atoms with Crippen LogP contribution in [0.15, 0.2) is 261 Å². The van der Waals surface area contributed by atoms with Crippen LogP contribution in [0, 0.1) is 0 Å². The Kier molecular flexibility index (Phi) is 10.0. The van der Waals surface area contributed by atoms with E-state index in [0.29, 0.717) is 0 Å². The van der Waals surface area contributed by atoms with Gasteiger partial charge < -0.3 is 4.90 Å². The molecule has 0 saturated heterocycles. The lowest BCUT2D eigenvalue weighted by atomic mass is 9.65. The number of hydrogen-bond acceptors (Lipinski definition) is 2. The Labute approximate surface area is 414 Å². The highest BCUT2D eigenvalue weighted by atomic mass is 32.1. The standard InChI is InChI=1S/C68H49NS/c1-67(2)61-34-16-14-30-57(61)60-45-54(41-42-62(60)67)69(53-39-37-52(38-40-53)68(49-23-6-3-7-24-49,50-25-8-4-9-26-50)51-27-10-5-11-28-51)63-43-36-46-20-12-13-29-55(46)65(63)48-22-18-21-47(44-48)56-32-19-33-59-58-31-15-17-35-64(58)70-66(56)59/h3-45H,1-2H3. The van der Waals surface area contributed by atoms with E-state index in [1.165, 1.54) is 97.7 Å². The fourth-order valence-corrected chi connectivity index (χ4v) is 13.0. The van der Waals surface area contributed by atoms with E-state index in [0.717, 1.165) is 17.1 Å². The van der Waals surface area contributed by atoms with Crippen molar-refractivity contribution in [2.75, 3.05) is 4.90 Å². The third-order valence-corrected chi connectivity index (χ3v) is 16.2. The Balaban J connectivity index is 1.05. The summed E-state index contributed by atoms with van der Waals surface area (Å²) >= 11 is 1.88. The van der Waals surface area contributed by atoms with Gasteiger partial charge in [0.15, 0.2) is 0 Å². The Morgan fingerprint density at radius 1 is 0.371 bits per heavy atom. The van der Waals surface area contributed by atoms with Gasteiger partial charge in [-0.05, 0) is 114 Å². The monoisotopic (exact) mass is 911 g/mol. The van der Waals surface area contributed by atoms with Crippen LogP contribution >= 0.6 is 11.3 Å². The van der Waals surface area contributed by atoms with Gasteiger partial charge in [0.25, 0.3) is 0 Å². The summed E-state index contributed by atoms with van der Waals surface area (Å²) in [6, 6.07) is 96.9. The molecule has 0 amide bonds. The van der Waals surface area contributed by atoms with E-state index in [2.05, 4.69) is 280 Å². The number of hydrogen-bond donors (Lipinski definition) is 0. The van der Waals surface area contributed by atoms with Crippen molar-refractivity contribution in [2.24, 2.45) is 0 Å². The lowest BCUT2D eigenvalue weighted by Gasteiger charge is -2.37. The second-order valence-corrected chi connectivity index (χ2v) is 20.2. The zero-order valence-corrected chi connectivity index (χ0v) is 40.0. The lowest BCUT2D eigenvalue weighted by molar-refractivity contribution is 0.660. The van der Waals surface area contributed by atoms with E-state index in [1.54, 1.807) is 0 Å². The number of fused-ring (bicyclic) bond motifs is 7. The molecule has 1 heterocycles. The smallest absolute Gasteiger partial charge is 0.0701 e. The summed E-state index contributed by atoms with van der Waals surface area (Å²) in [4.78, 5) is 2.51. The van der Waals surface area contributed by atoms with Crippen LogP contribution in [0.1, 0.15) is 47.2 Å². The molecule has 1 aliphatic rings. The minimum atomic E-state index is -0.568. The van der Waals surface area contributed by atoms with Gasteiger partial charge in [0.05, 0.1) is 11.1 Å². The molecule has 0 radical (unpaired) electrons. The summed E-state index contributed by atoms with van der Waals surface area (Å²) in [5.41, 5.74) is 17.7. The molecule has 70 heavy (non-hydrogen) atoms. The zero-order chi connectivity index (χ0) is 46.8. The zero-order valence-electron chi connectivity index (χ0n) is 39.2. The summed E-state index contributed by atoms with van der Waals surface area (Å²) < 4.78 is 2.63. The predicted octanol–water partition coefficient (Wildman–Crippen LogP) is 18.7. The van der Waals surface area contributed by atoms with Crippen molar-refractivity contribution in [1.29, 1.82) is 0 Å². The molecule has 0 aliphatic heterocycles. The summed E-state index contributed by atoms with van der Waals surface area (Å²) in [5.74, 6) is 0. The van der Waals surface area contributed by atoms with Gasteiger partial charge in [-0.3, -0.25) is 0 Å². The largest absolute Gasteiger partial charge is 0.310 e. The first kappa shape index (κ1) is 41.9. The van der Waals surface area contributed by atoms with Crippen molar-refractivity contribution in [3.8, 4) is 33.4 Å². The second kappa shape index (κ2) is 16.7. The second-order valence-electron chi connectivity index (χ2n) is 19.2. The summed E-state index contributed by atoms with van der Waals surface area (Å²) in [6.45, 7) is 4.72. The highest BCUT2D eigenvalue weighted by molar-refractivity contribution is 7.26. The molecule has 0 fully saturated rings. The fraction of sp³-hybridized carbons (Fsp3) is 0.0588. The van der Waals surface area contributed by atoms with Crippen LogP contribution in [0.2, 0.25) is 0 Å². The third-order valence-electron chi connectivity index (χ3n) is 15.0. The molecule has 13 rings (SSSR count). The lowest BCUT2D eigenvalue weighted by Crippen LogP contribution is -2.31. The molecule has 0 spiro atoms. The molecule has 332 valence electrons. The van der Waals surface area contributed by atoms with Gasteiger partial charge in [0, 0.05) is 42.5 Å². The summed E-state index contributed by atoms with van der Waals surface area (Å²) in [7, 11) is 0. The van der Waals surface area contributed by atoms with Gasteiger partial charge in [0.1, 0.15) is 0 Å². The highest BCUT2D eigenvalue weighted by Crippen LogP contribution is 2.53. The predicted molar refractivity (Wildman–Crippen MR) is 298 cm³/mol. The molecular weight excluding hydrogens is 863 g/mol. The first-order valence-electron chi connectivity index (χ1n) is 24.3. The van der Waals surface area contributed by atoms with E-state index in [-0.39, 0.29) is 5.41 Å². The quantitative estimate of drug-likeness (QED) is 0.130. The average molecular weight is 912 g/mol. The fourth-order valence-electron chi connectivity index (χ4n) is 11.8. The van der Waals surface area contributed by atoms with Gasteiger partial charge in [-0.2, -0.15) is 0 Å². The van der Waals surface area contributed by atoms with E-state index in [9.17, 15) is 0 Å². The maximum absolute atomic E-state index is 2.51. The van der Waals surface area contributed by atoms with Crippen LogP contribution in [0.25, 0.3) is 64.3 Å². The minimum absolute atomic E-state index is 0.113. The number of benzene rings is 11. The van der Waals surface area contributed by atoms with Crippen molar-refractivity contribution in [1.82, 2.24) is 0 Å². The van der Waals surface area contributed by atoms with Gasteiger partial charge >= 0.3 is 0 Å². The molecular formula is C68H49NS. The molecule has 11 aromatic carbocycles.